The third kappa shape index (κ3) is 1.83. The van der Waals surface area contributed by atoms with Crippen LogP contribution >= 0.6 is 0 Å². The monoisotopic (exact) mass is 242 g/mol. The van der Waals surface area contributed by atoms with Crippen LogP contribution in [0.2, 0.25) is 0 Å². The highest BCUT2D eigenvalue weighted by Crippen LogP contribution is 2.24. The summed E-state index contributed by atoms with van der Waals surface area (Å²) in [5.41, 5.74) is 10.3. The van der Waals surface area contributed by atoms with Gasteiger partial charge >= 0.3 is 0 Å². The lowest BCUT2D eigenvalue weighted by atomic mass is 10.1. The number of nitrogens with one attached hydrogen (secondary N) is 1. The first-order chi connectivity index (χ1) is 8.79. The molecule has 3 N–H and O–H groups in total. The Kier molecular flexibility index (Phi) is 2.89. The van der Waals surface area contributed by atoms with Crippen molar-refractivity contribution in [3.8, 4) is 11.3 Å². The predicted molar refractivity (Wildman–Crippen MR) is 72.0 cm³/mol. The molecule has 0 fully saturated rings. The molecule has 1 aliphatic heterocycles. The standard InChI is InChI=1S/C14H18N4/c1-10-14(12-4-2-11(8-15)3-5-12)17-13-9-16-6-7-18(10)13/h2-5,16H,6-9,15H2,1H3. The molecule has 2 heterocycles. The summed E-state index contributed by atoms with van der Waals surface area (Å²) in [6.45, 7) is 5.63. The summed E-state index contributed by atoms with van der Waals surface area (Å²) in [6.07, 6.45) is 0. The summed E-state index contributed by atoms with van der Waals surface area (Å²) in [5.74, 6) is 1.14. The smallest absolute Gasteiger partial charge is 0.123 e. The molecule has 1 aromatic carbocycles. The predicted octanol–water partition coefficient (Wildman–Crippen LogP) is 1.42. The average Bonchev–Trinajstić information content (AvgIpc) is 2.77. The molecule has 0 saturated heterocycles. The van der Waals surface area contributed by atoms with Gasteiger partial charge in [-0.2, -0.15) is 0 Å². The van der Waals surface area contributed by atoms with Crippen molar-refractivity contribution in [2.24, 2.45) is 5.73 Å². The number of nitrogens with two attached hydrogens (primary N) is 1. The van der Waals surface area contributed by atoms with Gasteiger partial charge in [0.1, 0.15) is 5.82 Å². The van der Waals surface area contributed by atoms with Crippen molar-refractivity contribution in [3.05, 3.63) is 41.3 Å². The minimum atomic E-state index is 0.586. The fourth-order valence-corrected chi connectivity index (χ4v) is 2.49. The Labute approximate surface area is 107 Å². The van der Waals surface area contributed by atoms with E-state index in [4.69, 9.17) is 10.7 Å². The summed E-state index contributed by atoms with van der Waals surface area (Å²) in [7, 11) is 0. The molecule has 2 aromatic rings. The number of benzene rings is 1. The summed E-state index contributed by atoms with van der Waals surface area (Å²) in [4.78, 5) is 4.75. The minimum Gasteiger partial charge on any atom is -0.329 e. The largest absolute Gasteiger partial charge is 0.329 e. The normalized spacial score (nSPS) is 14.6. The molecule has 0 aliphatic carbocycles. The minimum absolute atomic E-state index is 0.586. The Morgan fingerprint density at radius 1 is 1.33 bits per heavy atom. The molecule has 1 aliphatic rings. The zero-order chi connectivity index (χ0) is 12.5. The summed E-state index contributed by atoms with van der Waals surface area (Å²) in [5, 5.41) is 3.35. The second-order valence-electron chi connectivity index (χ2n) is 4.69. The summed E-state index contributed by atoms with van der Waals surface area (Å²) in [6, 6.07) is 8.37. The van der Waals surface area contributed by atoms with Gasteiger partial charge < -0.3 is 15.6 Å². The molecule has 0 saturated carbocycles. The third-order valence-electron chi connectivity index (χ3n) is 3.56. The third-order valence-corrected chi connectivity index (χ3v) is 3.56. The molecule has 4 nitrogen and oxygen atoms in total. The SMILES string of the molecule is Cc1c(-c2ccc(CN)cc2)nc2n1CCNC2. The first kappa shape index (κ1) is 11.4. The number of rotatable bonds is 2. The van der Waals surface area contributed by atoms with Gasteiger partial charge in [-0.15, -0.1) is 0 Å². The van der Waals surface area contributed by atoms with Crippen molar-refractivity contribution in [2.75, 3.05) is 6.54 Å². The fraction of sp³-hybridized carbons (Fsp3) is 0.357. The molecule has 4 heteroatoms. The van der Waals surface area contributed by atoms with Crippen LogP contribution in [0.5, 0.6) is 0 Å². The van der Waals surface area contributed by atoms with E-state index in [1.807, 2.05) is 0 Å². The van der Waals surface area contributed by atoms with E-state index in [9.17, 15) is 0 Å². The van der Waals surface area contributed by atoms with Crippen molar-refractivity contribution in [3.63, 3.8) is 0 Å². The molecule has 0 atom stereocenters. The fourth-order valence-electron chi connectivity index (χ4n) is 2.49. The van der Waals surface area contributed by atoms with Crippen molar-refractivity contribution in [2.45, 2.75) is 26.6 Å². The number of nitrogens with zero attached hydrogens (tertiary/aromatic N) is 2. The number of hydrogen-bond acceptors (Lipinski definition) is 3. The first-order valence-electron chi connectivity index (χ1n) is 6.35. The molecule has 0 radical (unpaired) electrons. The van der Waals surface area contributed by atoms with Crippen molar-refractivity contribution >= 4 is 0 Å². The zero-order valence-electron chi connectivity index (χ0n) is 10.6. The maximum absolute atomic E-state index is 5.62. The highest BCUT2D eigenvalue weighted by Gasteiger charge is 2.17. The van der Waals surface area contributed by atoms with Crippen LogP contribution in [-0.2, 0) is 19.6 Å². The van der Waals surface area contributed by atoms with Gasteiger partial charge in [-0.05, 0) is 12.5 Å². The summed E-state index contributed by atoms with van der Waals surface area (Å²) >= 11 is 0. The second kappa shape index (κ2) is 4.55. The molecular formula is C14H18N4. The van der Waals surface area contributed by atoms with Gasteiger partial charge in [-0.25, -0.2) is 4.98 Å². The van der Waals surface area contributed by atoms with Gasteiger partial charge in [-0.3, -0.25) is 0 Å². The van der Waals surface area contributed by atoms with Crippen LogP contribution in [0.3, 0.4) is 0 Å². The zero-order valence-corrected chi connectivity index (χ0v) is 10.6. The van der Waals surface area contributed by atoms with E-state index >= 15 is 0 Å². The van der Waals surface area contributed by atoms with Gasteiger partial charge in [0.2, 0.25) is 0 Å². The van der Waals surface area contributed by atoms with Crippen LogP contribution in [0.25, 0.3) is 11.3 Å². The van der Waals surface area contributed by atoms with E-state index in [1.54, 1.807) is 0 Å². The van der Waals surface area contributed by atoms with Gasteiger partial charge in [0.05, 0.1) is 12.2 Å². The molecule has 1 aromatic heterocycles. The molecule has 0 spiro atoms. The molecule has 94 valence electrons. The Bertz CT molecular complexity index is 554. The van der Waals surface area contributed by atoms with Crippen LogP contribution in [-0.4, -0.2) is 16.1 Å². The van der Waals surface area contributed by atoms with E-state index in [-0.39, 0.29) is 0 Å². The molecule has 0 unspecified atom stereocenters. The average molecular weight is 242 g/mol. The van der Waals surface area contributed by atoms with Gasteiger partial charge in [0.15, 0.2) is 0 Å². The molecular weight excluding hydrogens is 224 g/mol. The number of fused-ring (bicyclic) bond motifs is 1. The van der Waals surface area contributed by atoms with E-state index in [0.717, 1.165) is 36.7 Å². The quantitative estimate of drug-likeness (QED) is 0.837. The highest BCUT2D eigenvalue weighted by molar-refractivity contribution is 5.62. The lowest BCUT2D eigenvalue weighted by Gasteiger charge is -2.16. The Morgan fingerprint density at radius 2 is 2.11 bits per heavy atom. The van der Waals surface area contributed by atoms with Crippen LogP contribution in [0.1, 0.15) is 17.1 Å². The second-order valence-corrected chi connectivity index (χ2v) is 4.69. The van der Waals surface area contributed by atoms with E-state index in [2.05, 4.69) is 41.1 Å². The number of aromatic nitrogens is 2. The molecule has 18 heavy (non-hydrogen) atoms. The van der Waals surface area contributed by atoms with Crippen LogP contribution < -0.4 is 11.1 Å². The van der Waals surface area contributed by atoms with E-state index < -0.39 is 0 Å². The lowest BCUT2D eigenvalue weighted by molar-refractivity contribution is 0.499. The topological polar surface area (TPSA) is 55.9 Å². The lowest BCUT2D eigenvalue weighted by Crippen LogP contribution is -2.28. The Hall–Kier alpha value is -1.65. The van der Waals surface area contributed by atoms with Gasteiger partial charge in [0, 0.05) is 30.9 Å². The molecule has 0 amide bonds. The van der Waals surface area contributed by atoms with E-state index in [1.165, 1.54) is 11.3 Å². The summed E-state index contributed by atoms with van der Waals surface area (Å²) < 4.78 is 2.31. The first-order valence-corrected chi connectivity index (χ1v) is 6.35. The van der Waals surface area contributed by atoms with Crippen molar-refractivity contribution < 1.29 is 0 Å². The van der Waals surface area contributed by atoms with Crippen LogP contribution in [0, 0.1) is 6.92 Å². The molecule has 0 bridgehead atoms. The highest BCUT2D eigenvalue weighted by atomic mass is 15.2. The van der Waals surface area contributed by atoms with Gasteiger partial charge in [0.25, 0.3) is 0 Å². The maximum atomic E-state index is 5.62. The molecule has 3 rings (SSSR count). The number of imidazole rings is 1. The van der Waals surface area contributed by atoms with E-state index in [0.29, 0.717) is 6.54 Å². The Morgan fingerprint density at radius 3 is 2.78 bits per heavy atom. The van der Waals surface area contributed by atoms with Crippen molar-refractivity contribution in [1.82, 2.24) is 14.9 Å². The van der Waals surface area contributed by atoms with Gasteiger partial charge in [-0.1, -0.05) is 24.3 Å². The van der Waals surface area contributed by atoms with Crippen LogP contribution in [0.4, 0.5) is 0 Å². The maximum Gasteiger partial charge on any atom is 0.123 e. The van der Waals surface area contributed by atoms with Crippen molar-refractivity contribution in [1.29, 1.82) is 0 Å². The number of hydrogen-bond donors (Lipinski definition) is 2. The van der Waals surface area contributed by atoms with Crippen LogP contribution in [0.15, 0.2) is 24.3 Å². The Balaban J connectivity index is 2.02.